The molecule has 0 aliphatic carbocycles. The molecule has 0 atom stereocenters. The first-order chi connectivity index (χ1) is 17.8. The molecule has 0 bridgehead atoms. The smallest absolute Gasteiger partial charge is 0.416 e. The summed E-state index contributed by atoms with van der Waals surface area (Å²) in [4.78, 5) is 11.5. The van der Waals surface area contributed by atoms with Crippen molar-refractivity contribution in [3.05, 3.63) is 65.3 Å². The summed E-state index contributed by atoms with van der Waals surface area (Å²) in [5.41, 5.74) is 0.438. The van der Waals surface area contributed by atoms with Gasteiger partial charge in [-0.05, 0) is 36.4 Å². The number of morpholine rings is 1. The van der Waals surface area contributed by atoms with E-state index in [0.717, 1.165) is 50.7 Å². The average molecular weight is 551 g/mol. The van der Waals surface area contributed by atoms with Crippen LogP contribution in [-0.2, 0) is 10.9 Å². The quantitative estimate of drug-likeness (QED) is 0.278. The van der Waals surface area contributed by atoms with E-state index in [0.29, 0.717) is 22.4 Å². The first kappa shape index (κ1) is 25.6. The lowest BCUT2D eigenvalue weighted by molar-refractivity contribution is -0.137. The van der Waals surface area contributed by atoms with Crippen LogP contribution in [0.15, 0.2) is 59.9 Å². The van der Waals surface area contributed by atoms with Gasteiger partial charge in [-0.1, -0.05) is 29.4 Å². The van der Waals surface area contributed by atoms with Gasteiger partial charge in [0, 0.05) is 37.1 Å². The second-order valence-electron chi connectivity index (χ2n) is 8.13. The van der Waals surface area contributed by atoms with Crippen molar-refractivity contribution in [3.8, 4) is 11.5 Å². The Bertz CT molecular complexity index is 1380. The molecule has 8 nitrogen and oxygen atoms in total. The molecule has 0 unspecified atom stereocenters. The third-order valence-electron chi connectivity index (χ3n) is 5.55. The lowest BCUT2D eigenvalue weighted by Crippen LogP contribution is -2.37. The summed E-state index contributed by atoms with van der Waals surface area (Å²) >= 11 is 7.94. The number of hydrogen-bond donors (Lipinski definition) is 1. The molecule has 2 aromatic carbocycles. The van der Waals surface area contributed by atoms with E-state index in [1.807, 2.05) is 0 Å². The van der Waals surface area contributed by atoms with Gasteiger partial charge in [-0.25, -0.2) is 4.98 Å². The highest BCUT2D eigenvalue weighted by Gasteiger charge is 2.30. The Hall–Kier alpha value is -3.06. The topological polar surface area (TPSA) is 76.8 Å². The minimum absolute atomic E-state index is 0.0326. The third kappa shape index (κ3) is 6.45. The number of benzene rings is 2. The normalized spacial score (nSPS) is 14.7. The van der Waals surface area contributed by atoms with Gasteiger partial charge in [0.2, 0.25) is 5.95 Å². The van der Waals surface area contributed by atoms with Gasteiger partial charge < -0.3 is 14.8 Å². The van der Waals surface area contributed by atoms with Crippen molar-refractivity contribution in [2.24, 2.45) is 0 Å². The molecule has 1 N–H and O–H groups in total. The number of ether oxygens (including phenoxy) is 2. The minimum atomic E-state index is -4.47. The molecule has 1 fully saturated rings. The van der Waals surface area contributed by atoms with Crippen molar-refractivity contribution in [3.63, 3.8) is 0 Å². The van der Waals surface area contributed by atoms with E-state index < -0.39 is 11.7 Å². The molecular weight excluding hydrogens is 529 g/mol. The number of alkyl halides is 3. The molecule has 1 aliphatic rings. The molecular formula is C24H22ClF3N6O2S. The predicted octanol–water partition coefficient (Wildman–Crippen LogP) is 5.76. The van der Waals surface area contributed by atoms with Gasteiger partial charge >= 0.3 is 6.18 Å². The van der Waals surface area contributed by atoms with E-state index in [1.165, 1.54) is 12.1 Å². The van der Waals surface area contributed by atoms with Crippen molar-refractivity contribution in [2.45, 2.75) is 11.3 Å². The van der Waals surface area contributed by atoms with Crippen LogP contribution < -0.4 is 10.1 Å². The first-order valence-electron chi connectivity index (χ1n) is 11.4. The lowest BCUT2D eigenvalue weighted by atomic mass is 10.2. The summed E-state index contributed by atoms with van der Waals surface area (Å²) in [6, 6.07) is 11.3. The fourth-order valence-corrected chi connectivity index (χ4v) is 4.76. The van der Waals surface area contributed by atoms with Gasteiger partial charge in [-0.15, -0.1) is 0 Å². The first-order valence-corrected chi connectivity index (χ1v) is 12.8. The van der Waals surface area contributed by atoms with E-state index in [2.05, 4.69) is 25.3 Å². The van der Waals surface area contributed by atoms with Crippen molar-refractivity contribution in [2.75, 3.05) is 43.9 Å². The van der Waals surface area contributed by atoms with Crippen LogP contribution >= 0.6 is 23.4 Å². The monoisotopic (exact) mass is 550 g/mol. The predicted molar refractivity (Wildman–Crippen MR) is 135 cm³/mol. The zero-order valence-corrected chi connectivity index (χ0v) is 21.0. The van der Waals surface area contributed by atoms with Crippen LogP contribution in [0.4, 0.5) is 24.8 Å². The number of nitrogens with zero attached hydrogens (tertiary/aromatic N) is 5. The minimum Gasteiger partial charge on any atom is -0.456 e. The van der Waals surface area contributed by atoms with Crippen LogP contribution in [0.2, 0.25) is 5.02 Å². The number of halogens is 4. The van der Waals surface area contributed by atoms with Crippen LogP contribution in [0.25, 0.3) is 5.65 Å². The van der Waals surface area contributed by atoms with Gasteiger partial charge in [0.25, 0.3) is 0 Å². The number of anilines is 2. The van der Waals surface area contributed by atoms with Gasteiger partial charge in [0.1, 0.15) is 11.5 Å². The second kappa shape index (κ2) is 11.1. The highest BCUT2D eigenvalue weighted by atomic mass is 35.5. The number of aromatic nitrogens is 4. The lowest BCUT2D eigenvalue weighted by Gasteiger charge is -2.26. The van der Waals surface area contributed by atoms with Gasteiger partial charge in [0.05, 0.1) is 30.0 Å². The number of nitrogens with one attached hydrogen (secondary N) is 1. The highest BCUT2D eigenvalue weighted by molar-refractivity contribution is 7.99. The fraction of sp³-hybridized carbons (Fsp3) is 0.292. The SMILES string of the molecule is FC(F)(F)c1cccc(Oc2ccc(Nc3nc(SCCN4CCOCC4)nc4ccnn34)cc2Cl)c1. The largest absolute Gasteiger partial charge is 0.456 e. The summed E-state index contributed by atoms with van der Waals surface area (Å²) < 4.78 is 51.6. The Morgan fingerprint density at radius 1 is 1.08 bits per heavy atom. The second-order valence-corrected chi connectivity index (χ2v) is 9.60. The summed E-state index contributed by atoms with van der Waals surface area (Å²) in [6.07, 6.45) is -2.83. The Morgan fingerprint density at radius 3 is 2.70 bits per heavy atom. The molecule has 0 amide bonds. The molecule has 0 saturated carbocycles. The maximum Gasteiger partial charge on any atom is 0.416 e. The Balaban J connectivity index is 1.29. The van der Waals surface area contributed by atoms with Gasteiger partial charge in [-0.2, -0.15) is 27.8 Å². The van der Waals surface area contributed by atoms with Crippen molar-refractivity contribution < 1.29 is 22.6 Å². The van der Waals surface area contributed by atoms with Crippen LogP contribution in [-0.4, -0.2) is 63.1 Å². The van der Waals surface area contributed by atoms with E-state index in [1.54, 1.807) is 46.7 Å². The van der Waals surface area contributed by atoms with E-state index in [9.17, 15) is 13.2 Å². The third-order valence-corrected chi connectivity index (χ3v) is 6.68. The number of fused-ring (bicyclic) bond motifs is 1. The summed E-state index contributed by atoms with van der Waals surface area (Å²) in [5, 5.41) is 8.30. The van der Waals surface area contributed by atoms with Crippen LogP contribution in [0.5, 0.6) is 11.5 Å². The molecule has 2 aromatic heterocycles. The maximum absolute atomic E-state index is 13.0. The fourth-order valence-electron chi connectivity index (χ4n) is 3.69. The molecule has 0 spiro atoms. The summed E-state index contributed by atoms with van der Waals surface area (Å²) in [5.74, 6) is 1.53. The molecule has 13 heteroatoms. The molecule has 3 heterocycles. The van der Waals surface area contributed by atoms with Crippen LogP contribution in [0.3, 0.4) is 0 Å². The van der Waals surface area contributed by atoms with Gasteiger partial charge in [-0.3, -0.25) is 4.90 Å². The zero-order valence-electron chi connectivity index (χ0n) is 19.4. The zero-order chi connectivity index (χ0) is 25.8. The summed E-state index contributed by atoms with van der Waals surface area (Å²) in [7, 11) is 0. The Morgan fingerprint density at radius 2 is 1.92 bits per heavy atom. The van der Waals surface area contributed by atoms with E-state index in [-0.39, 0.29) is 16.5 Å². The molecule has 1 saturated heterocycles. The van der Waals surface area contributed by atoms with Crippen molar-refractivity contribution in [1.82, 2.24) is 24.5 Å². The maximum atomic E-state index is 13.0. The van der Waals surface area contributed by atoms with Crippen LogP contribution in [0.1, 0.15) is 5.56 Å². The van der Waals surface area contributed by atoms with Gasteiger partial charge in [0.15, 0.2) is 10.8 Å². The molecule has 194 valence electrons. The van der Waals surface area contributed by atoms with Crippen LogP contribution in [0, 0.1) is 0 Å². The van der Waals surface area contributed by atoms with E-state index in [4.69, 9.17) is 21.1 Å². The summed E-state index contributed by atoms with van der Waals surface area (Å²) in [6.45, 7) is 4.26. The number of thioether (sulfide) groups is 1. The molecule has 1 aliphatic heterocycles. The molecule has 4 aromatic rings. The van der Waals surface area contributed by atoms with E-state index >= 15 is 0 Å². The molecule has 37 heavy (non-hydrogen) atoms. The number of rotatable bonds is 8. The average Bonchev–Trinajstić information content (AvgIpc) is 3.35. The highest BCUT2D eigenvalue weighted by Crippen LogP contribution is 2.36. The van der Waals surface area contributed by atoms with Crippen molar-refractivity contribution >= 4 is 40.6 Å². The molecule has 0 radical (unpaired) electrons. The Kier molecular flexibility index (Phi) is 7.70. The Labute approximate surface area is 219 Å². The van der Waals surface area contributed by atoms with Crippen molar-refractivity contribution in [1.29, 1.82) is 0 Å². The molecule has 5 rings (SSSR count). The standard InChI is InChI=1S/C24H22ClF3N6O2S/c25-19-15-17(4-5-20(19)36-18-3-1-2-16(14-18)24(26,27)28)30-22-32-23(31-21-6-7-29-34(21)22)37-13-10-33-8-11-35-12-9-33/h1-7,14-15H,8-13H2,(H,30,31,32). The number of hydrogen-bond acceptors (Lipinski definition) is 8.